The Labute approximate surface area is 90.5 Å². The highest BCUT2D eigenvalue weighted by molar-refractivity contribution is 5.92. The summed E-state index contributed by atoms with van der Waals surface area (Å²) in [4.78, 5) is 15.4. The lowest BCUT2D eigenvalue weighted by Gasteiger charge is -1.97. The summed E-state index contributed by atoms with van der Waals surface area (Å²) >= 11 is 0. The first-order chi connectivity index (χ1) is 7.74. The van der Waals surface area contributed by atoms with Crippen LogP contribution in [0.3, 0.4) is 0 Å². The van der Waals surface area contributed by atoms with Gasteiger partial charge in [0.2, 0.25) is 0 Å². The fourth-order valence-corrected chi connectivity index (χ4v) is 1.64. The number of aromatic nitrogens is 3. The Morgan fingerprint density at radius 3 is 2.94 bits per heavy atom. The van der Waals surface area contributed by atoms with Crippen molar-refractivity contribution in [1.29, 1.82) is 0 Å². The van der Waals surface area contributed by atoms with Gasteiger partial charge >= 0.3 is 0 Å². The average Bonchev–Trinajstić information content (AvgIpc) is 2.68. The predicted octanol–water partition coefficient (Wildman–Crippen LogP) is 0.981. The van der Waals surface area contributed by atoms with E-state index in [9.17, 15) is 4.79 Å². The summed E-state index contributed by atoms with van der Waals surface area (Å²) in [5, 5.41) is 5.01. The number of para-hydroxylation sites is 1. The van der Waals surface area contributed by atoms with Gasteiger partial charge in [-0.15, -0.1) is 0 Å². The lowest BCUT2D eigenvalue weighted by atomic mass is 10.2. The van der Waals surface area contributed by atoms with Crippen molar-refractivity contribution in [3.05, 3.63) is 42.2 Å². The lowest BCUT2D eigenvalue weighted by Crippen LogP contribution is -2.11. The summed E-state index contributed by atoms with van der Waals surface area (Å²) in [5.74, 6) is -0.547. The Morgan fingerprint density at radius 2 is 2.12 bits per heavy atom. The number of benzene rings is 1. The van der Waals surface area contributed by atoms with Crippen LogP contribution in [0.5, 0.6) is 0 Å². The van der Waals surface area contributed by atoms with Crippen molar-refractivity contribution in [3.63, 3.8) is 0 Å². The van der Waals surface area contributed by atoms with Gasteiger partial charge in [0.25, 0.3) is 5.91 Å². The maximum absolute atomic E-state index is 11.0. The number of nitrogens with zero attached hydrogens (tertiary/aromatic N) is 3. The fraction of sp³-hybridized carbons (Fsp3) is 0. The Bertz CT molecular complexity index is 649. The molecule has 2 aromatic heterocycles. The molecule has 2 heterocycles. The molecular formula is C11H8N4O. The Balaban J connectivity index is 2.38. The first-order valence-corrected chi connectivity index (χ1v) is 4.79. The standard InChI is InChI=1S/C11H8N4O/c12-11(16)9-5-10-13-8-4-2-1-3-7(8)6-15(10)14-9/h1-6H,(H2,12,16). The van der Waals surface area contributed by atoms with Crippen LogP contribution < -0.4 is 5.73 Å². The molecular weight excluding hydrogens is 204 g/mol. The van der Waals surface area contributed by atoms with E-state index in [4.69, 9.17) is 5.73 Å². The third-order valence-corrected chi connectivity index (χ3v) is 2.40. The summed E-state index contributed by atoms with van der Waals surface area (Å²) in [5.41, 5.74) is 6.87. The molecule has 0 aliphatic rings. The molecule has 0 spiro atoms. The van der Waals surface area contributed by atoms with E-state index in [0.29, 0.717) is 5.65 Å². The zero-order valence-corrected chi connectivity index (χ0v) is 8.29. The summed E-state index contributed by atoms with van der Waals surface area (Å²) in [6.45, 7) is 0. The molecule has 0 atom stereocenters. The summed E-state index contributed by atoms with van der Waals surface area (Å²) < 4.78 is 1.56. The van der Waals surface area contributed by atoms with Gasteiger partial charge in [-0.1, -0.05) is 18.2 Å². The zero-order valence-electron chi connectivity index (χ0n) is 8.29. The third kappa shape index (κ3) is 1.22. The smallest absolute Gasteiger partial charge is 0.269 e. The largest absolute Gasteiger partial charge is 0.364 e. The molecule has 0 unspecified atom stereocenters. The highest BCUT2D eigenvalue weighted by Gasteiger charge is 2.08. The number of carbonyl (C=O) groups excluding carboxylic acids is 1. The van der Waals surface area contributed by atoms with Crippen LogP contribution in [-0.4, -0.2) is 20.5 Å². The first kappa shape index (κ1) is 8.84. The summed E-state index contributed by atoms with van der Waals surface area (Å²) in [6, 6.07) is 9.26. The number of nitrogens with two attached hydrogens (primary N) is 1. The number of hydrogen-bond acceptors (Lipinski definition) is 3. The van der Waals surface area contributed by atoms with Gasteiger partial charge in [-0.3, -0.25) is 4.79 Å². The molecule has 3 aromatic rings. The van der Waals surface area contributed by atoms with E-state index >= 15 is 0 Å². The number of carbonyl (C=O) groups is 1. The first-order valence-electron chi connectivity index (χ1n) is 4.79. The van der Waals surface area contributed by atoms with Gasteiger partial charge in [0, 0.05) is 17.6 Å². The van der Waals surface area contributed by atoms with Crippen molar-refractivity contribution in [2.45, 2.75) is 0 Å². The van der Waals surface area contributed by atoms with Gasteiger partial charge in [0.05, 0.1) is 5.52 Å². The molecule has 0 aliphatic carbocycles. The number of primary amides is 1. The molecule has 16 heavy (non-hydrogen) atoms. The lowest BCUT2D eigenvalue weighted by molar-refractivity contribution is 0.0995. The molecule has 5 heteroatoms. The molecule has 78 valence electrons. The number of hydrogen-bond donors (Lipinski definition) is 1. The van der Waals surface area contributed by atoms with E-state index in [2.05, 4.69) is 10.1 Å². The minimum atomic E-state index is -0.547. The fourth-order valence-electron chi connectivity index (χ4n) is 1.64. The highest BCUT2D eigenvalue weighted by Crippen LogP contribution is 2.13. The van der Waals surface area contributed by atoms with Crippen molar-refractivity contribution < 1.29 is 4.79 Å². The van der Waals surface area contributed by atoms with E-state index < -0.39 is 5.91 Å². The van der Waals surface area contributed by atoms with Crippen LogP contribution in [0.1, 0.15) is 10.5 Å². The topological polar surface area (TPSA) is 73.3 Å². The van der Waals surface area contributed by atoms with Gasteiger partial charge in [-0.2, -0.15) is 5.10 Å². The van der Waals surface area contributed by atoms with Crippen molar-refractivity contribution in [1.82, 2.24) is 14.6 Å². The van der Waals surface area contributed by atoms with Gasteiger partial charge in [-0.25, -0.2) is 9.50 Å². The molecule has 3 rings (SSSR count). The van der Waals surface area contributed by atoms with Crippen LogP contribution in [0.4, 0.5) is 0 Å². The van der Waals surface area contributed by atoms with Gasteiger partial charge < -0.3 is 5.73 Å². The van der Waals surface area contributed by atoms with Crippen molar-refractivity contribution in [2.75, 3.05) is 0 Å². The Hall–Kier alpha value is -2.43. The van der Waals surface area contributed by atoms with Crippen LogP contribution in [0.15, 0.2) is 36.5 Å². The molecule has 1 amide bonds. The van der Waals surface area contributed by atoms with Gasteiger partial charge in [0.15, 0.2) is 11.3 Å². The monoisotopic (exact) mass is 212 g/mol. The van der Waals surface area contributed by atoms with Crippen molar-refractivity contribution in [2.24, 2.45) is 5.73 Å². The molecule has 1 aromatic carbocycles. The highest BCUT2D eigenvalue weighted by atomic mass is 16.1. The normalized spacial score (nSPS) is 11.0. The van der Waals surface area contributed by atoms with Gasteiger partial charge in [-0.05, 0) is 6.07 Å². The SMILES string of the molecule is NC(=O)c1cc2nc3ccccc3cn2n1. The van der Waals surface area contributed by atoms with Crippen LogP contribution >= 0.6 is 0 Å². The molecule has 0 fully saturated rings. The van der Waals surface area contributed by atoms with Crippen molar-refractivity contribution >= 4 is 22.5 Å². The number of fused-ring (bicyclic) bond motifs is 2. The molecule has 0 aliphatic heterocycles. The molecule has 0 radical (unpaired) electrons. The minimum absolute atomic E-state index is 0.225. The molecule has 0 saturated carbocycles. The maximum atomic E-state index is 11.0. The average molecular weight is 212 g/mol. The molecule has 0 saturated heterocycles. The van der Waals surface area contributed by atoms with E-state index in [0.717, 1.165) is 10.9 Å². The van der Waals surface area contributed by atoms with Crippen LogP contribution in [0.25, 0.3) is 16.6 Å². The Morgan fingerprint density at radius 1 is 1.31 bits per heavy atom. The third-order valence-electron chi connectivity index (χ3n) is 2.40. The minimum Gasteiger partial charge on any atom is -0.364 e. The summed E-state index contributed by atoms with van der Waals surface area (Å²) in [7, 11) is 0. The molecule has 0 bridgehead atoms. The quantitative estimate of drug-likeness (QED) is 0.653. The number of amides is 1. The van der Waals surface area contributed by atoms with E-state index in [1.807, 2.05) is 30.5 Å². The van der Waals surface area contributed by atoms with Crippen LogP contribution in [0.2, 0.25) is 0 Å². The zero-order chi connectivity index (χ0) is 11.1. The number of rotatable bonds is 1. The second-order valence-corrected chi connectivity index (χ2v) is 3.50. The molecule has 5 nitrogen and oxygen atoms in total. The second-order valence-electron chi connectivity index (χ2n) is 3.50. The van der Waals surface area contributed by atoms with E-state index in [1.165, 1.54) is 0 Å². The Kier molecular flexibility index (Phi) is 1.67. The van der Waals surface area contributed by atoms with Gasteiger partial charge in [0.1, 0.15) is 0 Å². The van der Waals surface area contributed by atoms with E-state index in [1.54, 1.807) is 10.6 Å². The van der Waals surface area contributed by atoms with Crippen LogP contribution in [0, 0.1) is 0 Å². The summed E-state index contributed by atoms with van der Waals surface area (Å²) in [6.07, 6.45) is 1.82. The predicted molar refractivity (Wildman–Crippen MR) is 59.0 cm³/mol. The van der Waals surface area contributed by atoms with E-state index in [-0.39, 0.29) is 5.69 Å². The van der Waals surface area contributed by atoms with Crippen LogP contribution in [-0.2, 0) is 0 Å². The van der Waals surface area contributed by atoms with Crippen molar-refractivity contribution in [3.8, 4) is 0 Å². The second kappa shape index (κ2) is 3.03. The maximum Gasteiger partial charge on any atom is 0.269 e. The molecule has 2 N–H and O–H groups in total.